The van der Waals surface area contributed by atoms with E-state index in [-0.39, 0.29) is 11.2 Å². The van der Waals surface area contributed by atoms with Crippen LogP contribution in [0.3, 0.4) is 0 Å². The van der Waals surface area contributed by atoms with Crippen LogP contribution in [0.5, 0.6) is 0 Å². The van der Waals surface area contributed by atoms with Crippen LogP contribution < -0.4 is 11.1 Å². The van der Waals surface area contributed by atoms with E-state index in [1.54, 1.807) is 23.9 Å². The van der Waals surface area contributed by atoms with E-state index in [0.717, 1.165) is 24.1 Å². The van der Waals surface area contributed by atoms with Crippen molar-refractivity contribution >= 4 is 29.3 Å². The lowest BCUT2D eigenvalue weighted by Crippen LogP contribution is -2.23. The van der Waals surface area contributed by atoms with E-state index in [1.807, 2.05) is 30.3 Å². The Balaban J connectivity index is 1.66. The normalized spacial score (nSPS) is 17.0. The summed E-state index contributed by atoms with van der Waals surface area (Å²) in [7, 11) is 0. The lowest BCUT2D eigenvalue weighted by molar-refractivity contribution is -0.115. The summed E-state index contributed by atoms with van der Waals surface area (Å²) in [6.45, 7) is 0. The molecule has 0 aromatic heterocycles. The number of carbonyl (C=O) groups excluding carboxylic acids is 2. The van der Waals surface area contributed by atoms with E-state index in [2.05, 4.69) is 11.4 Å². The van der Waals surface area contributed by atoms with Gasteiger partial charge in [0.1, 0.15) is 0 Å². The number of carbonyl (C=O) groups is 2. The minimum Gasteiger partial charge on any atom is -0.366 e. The first-order chi connectivity index (χ1) is 11.1. The van der Waals surface area contributed by atoms with Crippen LogP contribution in [-0.4, -0.2) is 17.1 Å². The molecule has 0 radical (unpaired) electrons. The van der Waals surface area contributed by atoms with Gasteiger partial charge in [-0.1, -0.05) is 30.3 Å². The molecule has 1 aliphatic heterocycles. The first-order valence-corrected chi connectivity index (χ1v) is 8.57. The Morgan fingerprint density at radius 2 is 2.04 bits per heavy atom. The molecule has 0 bridgehead atoms. The first-order valence-electron chi connectivity index (χ1n) is 7.52. The van der Waals surface area contributed by atoms with Crippen molar-refractivity contribution in [1.82, 2.24) is 0 Å². The van der Waals surface area contributed by atoms with Crippen molar-refractivity contribution in [3.05, 3.63) is 65.2 Å². The topological polar surface area (TPSA) is 72.2 Å². The Labute approximate surface area is 139 Å². The Morgan fingerprint density at radius 3 is 2.87 bits per heavy atom. The van der Waals surface area contributed by atoms with Gasteiger partial charge in [0.15, 0.2) is 0 Å². The number of fused-ring (bicyclic) bond motifs is 1. The van der Waals surface area contributed by atoms with Crippen LogP contribution in [0.2, 0.25) is 0 Å². The van der Waals surface area contributed by atoms with Gasteiger partial charge in [-0.15, -0.1) is 11.8 Å². The SMILES string of the molecule is NC(=O)c1cccc(CS[C@H]2CCc3ccccc3NC2=O)c1. The minimum atomic E-state index is -0.431. The van der Waals surface area contributed by atoms with Crippen LogP contribution in [0.25, 0.3) is 0 Å². The van der Waals surface area contributed by atoms with Gasteiger partial charge in [0.25, 0.3) is 0 Å². The van der Waals surface area contributed by atoms with Crippen molar-refractivity contribution in [2.45, 2.75) is 23.8 Å². The number of anilines is 1. The molecular formula is C18H18N2O2S. The number of hydrogen-bond donors (Lipinski definition) is 2. The molecule has 2 aromatic carbocycles. The fourth-order valence-electron chi connectivity index (χ4n) is 2.66. The van der Waals surface area contributed by atoms with Gasteiger partial charge in [0.05, 0.1) is 5.25 Å². The number of nitrogens with one attached hydrogen (secondary N) is 1. The minimum absolute atomic E-state index is 0.0472. The molecule has 0 saturated carbocycles. The molecule has 0 spiro atoms. The van der Waals surface area contributed by atoms with E-state index in [1.165, 1.54) is 5.56 Å². The zero-order valence-corrected chi connectivity index (χ0v) is 13.4. The number of rotatable bonds is 4. The van der Waals surface area contributed by atoms with E-state index < -0.39 is 5.91 Å². The molecule has 1 aliphatic rings. The average molecular weight is 326 g/mol. The summed E-state index contributed by atoms with van der Waals surface area (Å²) in [5.41, 5.74) is 8.90. The maximum atomic E-state index is 12.4. The van der Waals surface area contributed by atoms with Gasteiger partial charge < -0.3 is 11.1 Å². The predicted octanol–water partition coefficient (Wildman–Crippen LogP) is 2.97. The van der Waals surface area contributed by atoms with E-state index >= 15 is 0 Å². The molecule has 0 saturated heterocycles. The van der Waals surface area contributed by atoms with Gasteiger partial charge in [-0.3, -0.25) is 9.59 Å². The third kappa shape index (κ3) is 3.74. The highest BCUT2D eigenvalue weighted by Crippen LogP contribution is 2.29. The van der Waals surface area contributed by atoms with Crippen LogP contribution in [-0.2, 0) is 17.0 Å². The maximum absolute atomic E-state index is 12.4. The summed E-state index contributed by atoms with van der Waals surface area (Å²) in [5.74, 6) is 0.292. The number of primary amides is 1. The van der Waals surface area contributed by atoms with Crippen LogP contribution in [0, 0.1) is 0 Å². The molecule has 0 unspecified atom stereocenters. The molecule has 0 aliphatic carbocycles. The van der Waals surface area contributed by atoms with Crippen LogP contribution in [0.1, 0.15) is 27.9 Å². The quantitative estimate of drug-likeness (QED) is 0.907. The zero-order chi connectivity index (χ0) is 16.2. The van der Waals surface area contributed by atoms with E-state index in [4.69, 9.17) is 5.73 Å². The van der Waals surface area contributed by atoms with Gasteiger partial charge in [0, 0.05) is 17.0 Å². The van der Waals surface area contributed by atoms with Gasteiger partial charge in [-0.05, 0) is 42.2 Å². The number of para-hydroxylation sites is 1. The van der Waals surface area contributed by atoms with Crippen LogP contribution >= 0.6 is 11.8 Å². The molecule has 4 nitrogen and oxygen atoms in total. The van der Waals surface area contributed by atoms with E-state index in [9.17, 15) is 9.59 Å². The summed E-state index contributed by atoms with van der Waals surface area (Å²) >= 11 is 1.60. The smallest absolute Gasteiger partial charge is 0.248 e. The Kier molecular flexibility index (Phi) is 4.67. The summed E-state index contributed by atoms with van der Waals surface area (Å²) in [5, 5.41) is 2.91. The number of benzene rings is 2. The molecule has 1 atom stereocenters. The second-order valence-electron chi connectivity index (χ2n) is 5.55. The molecule has 23 heavy (non-hydrogen) atoms. The highest BCUT2D eigenvalue weighted by Gasteiger charge is 2.23. The van der Waals surface area contributed by atoms with Crippen molar-refractivity contribution < 1.29 is 9.59 Å². The molecule has 2 aromatic rings. The van der Waals surface area contributed by atoms with Crippen molar-refractivity contribution in [3.63, 3.8) is 0 Å². The predicted molar refractivity (Wildman–Crippen MR) is 93.4 cm³/mol. The summed E-state index contributed by atoms with van der Waals surface area (Å²) < 4.78 is 0. The van der Waals surface area contributed by atoms with Gasteiger partial charge >= 0.3 is 0 Å². The van der Waals surface area contributed by atoms with Crippen molar-refractivity contribution in [1.29, 1.82) is 0 Å². The molecule has 3 N–H and O–H groups in total. The lowest BCUT2D eigenvalue weighted by Gasteiger charge is -2.13. The number of thioether (sulfide) groups is 1. The molecule has 118 valence electrons. The maximum Gasteiger partial charge on any atom is 0.248 e. The fourth-order valence-corrected chi connectivity index (χ4v) is 3.73. The molecule has 2 amide bonds. The summed E-state index contributed by atoms with van der Waals surface area (Å²) in [4.78, 5) is 23.6. The van der Waals surface area contributed by atoms with Gasteiger partial charge in [-0.25, -0.2) is 0 Å². The third-order valence-electron chi connectivity index (χ3n) is 3.91. The van der Waals surface area contributed by atoms with Gasteiger partial charge in [-0.2, -0.15) is 0 Å². The Morgan fingerprint density at radius 1 is 1.22 bits per heavy atom. The number of nitrogens with two attached hydrogens (primary N) is 1. The average Bonchev–Trinajstić information content (AvgIpc) is 2.71. The second kappa shape index (κ2) is 6.87. The molecule has 1 heterocycles. The van der Waals surface area contributed by atoms with Crippen LogP contribution in [0.4, 0.5) is 5.69 Å². The van der Waals surface area contributed by atoms with Crippen LogP contribution in [0.15, 0.2) is 48.5 Å². The zero-order valence-electron chi connectivity index (χ0n) is 12.6. The Bertz CT molecular complexity index is 745. The number of amides is 2. The fraction of sp³-hybridized carbons (Fsp3) is 0.222. The van der Waals surface area contributed by atoms with Crippen molar-refractivity contribution in [3.8, 4) is 0 Å². The number of aryl methyl sites for hydroxylation is 1. The Hall–Kier alpha value is -2.27. The molecule has 5 heteroatoms. The lowest BCUT2D eigenvalue weighted by atomic mass is 10.1. The van der Waals surface area contributed by atoms with Gasteiger partial charge in [0.2, 0.25) is 11.8 Å². The molecule has 0 fully saturated rings. The second-order valence-corrected chi connectivity index (χ2v) is 6.74. The largest absolute Gasteiger partial charge is 0.366 e. The number of hydrogen-bond acceptors (Lipinski definition) is 3. The van der Waals surface area contributed by atoms with Crippen molar-refractivity contribution in [2.24, 2.45) is 5.73 Å². The van der Waals surface area contributed by atoms with Crippen molar-refractivity contribution in [2.75, 3.05) is 5.32 Å². The monoisotopic (exact) mass is 326 g/mol. The highest BCUT2D eigenvalue weighted by molar-refractivity contribution is 7.99. The van der Waals surface area contributed by atoms with E-state index in [0.29, 0.717) is 11.3 Å². The molecular weight excluding hydrogens is 308 g/mol. The first kappa shape index (κ1) is 15.6. The standard InChI is InChI=1S/C18H18N2O2S/c19-17(21)14-6-3-4-12(10-14)11-23-16-9-8-13-5-1-2-7-15(13)20-18(16)22/h1-7,10,16H,8-9,11H2,(H2,19,21)(H,20,22)/t16-/m0/s1. The summed E-state index contributed by atoms with van der Waals surface area (Å²) in [6, 6.07) is 15.2. The highest BCUT2D eigenvalue weighted by atomic mass is 32.2. The molecule has 3 rings (SSSR count). The summed E-state index contributed by atoms with van der Waals surface area (Å²) in [6.07, 6.45) is 1.69. The third-order valence-corrected chi connectivity index (χ3v) is 5.26.